The minimum Gasteiger partial charge on any atom is -0.383 e. The fraction of sp³-hybridized carbons (Fsp3) is 0.588. The first-order valence-corrected chi connectivity index (χ1v) is 9.79. The molecule has 1 aromatic carbocycles. The van der Waals surface area contributed by atoms with Gasteiger partial charge in [-0.3, -0.25) is 4.99 Å². The molecular formula is C17H30N4O4S. The molecule has 0 aliphatic heterocycles. The second-order valence-corrected chi connectivity index (χ2v) is 8.05. The van der Waals surface area contributed by atoms with Gasteiger partial charge in [0.25, 0.3) is 0 Å². The van der Waals surface area contributed by atoms with Crippen LogP contribution in [0.5, 0.6) is 0 Å². The molecule has 3 N–H and O–H groups in total. The number of hydrogen-bond acceptors (Lipinski definition) is 5. The Balaban J connectivity index is 2.68. The van der Waals surface area contributed by atoms with Gasteiger partial charge in [0.2, 0.25) is 10.0 Å². The van der Waals surface area contributed by atoms with Gasteiger partial charge >= 0.3 is 0 Å². The lowest BCUT2D eigenvalue weighted by Crippen LogP contribution is -2.45. The zero-order chi connectivity index (χ0) is 19.6. The fourth-order valence-electron chi connectivity index (χ4n) is 1.96. The minimum atomic E-state index is -3.55. The predicted molar refractivity (Wildman–Crippen MR) is 103 cm³/mol. The summed E-state index contributed by atoms with van der Waals surface area (Å²) >= 11 is 0. The molecule has 0 spiro atoms. The molecule has 8 nitrogen and oxygen atoms in total. The first kappa shape index (κ1) is 22.4. The number of nitrogens with one attached hydrogen (secondary N) is 3. The third-order valence-corrected chi connectivity index (χ3v) is 5.18. The van der Waals surface area contributed by atoms with Crippen LogP contribution < -0.4 is 15.4 Å². The largest absolute Gasteiger partial charge is 0.383 e. The molecule has 0 aliphatic carbocycles. The highest BCUT2D eigenvalue weighted by Gasteiger charge is 2.17. The van der Waals surface area contributed by atoms with Gasteiger partial charge in [0, 0.05) is 40.9 Å². The Morgan fingerprint density at radius 3 is 2.58 bits per heavy atom. The van der Waals surface area contributed by atoms with Crippen LogP contribution in [-0.4, -0.2) is 60.9 Å². The third kappa shape index (κ3) is 7.69. The van der Waals surface area contributed by atoms with Crippen LogP contribution in [0.3, 0.4) is 0 Å². The van der Waals surface area contributed by atoms with Crippen molar-refractivity contribution >= 4 is 16.0 Å². The van der Waals surface area contributed by atoms with Crippen LogP contribution in [0.1, 0.15) is 19.4 Å². The Labute approximate surface area is 156 Å². The summed E-state index contributed by atoms with van der Waals surface area (Å²) in [5.74, 6) is 0.613. The van der Waals surface area contributed by atoms with Crippen molar-refractivity contribution in [2.24, 2.45) is 4.99 Å². The van der Waals surface area contributed by atoms with Crippen LogP contribution in [0.2, 0.25) is 0 Å². The highest BCUT2D eigenvalue weighted by molar-refractivity contribution is 7.89. The Hall–Kier alpha value is -1.68. The van der Waals surface area contributed by atoms with Crippen molar-refractivity contribution in [2.45, 2.75) is 30.9 Å². The monoisotopic (exact) mass is 386 g/mol. The SMILES string of the molecule is CN=C(NCc1cccc(S(=O)(=O)NCCOC)c1)NCC(C)(C)OC. The van der Waals surface area contributed by atoms with E-state index in [2.05, 4.69) is 20.3 Å². The number of guanidine groups is 1. The van der Waals surface area contributed by atoms with Crippen LogP contribution in [-0.2, 0) is 26.0 Å². The van der Waals surface area contributed by atoms with Gasteiger partial charge in [-0.15, -0.1) is 0 Å². The number of ether oxygens (including phenoxy) is 2. The molecule has 0 fully saturated rings. The van der Waals surface area contributed by atoms with E-state index in [4.69, 9.17) is 9.47 Å². The first-order chi connectivity index (χ1) is 12.2. The van der Waals surface area contributed by atoms with Crippen LogP contribution in [0.25, 0.3) is 0 Å². The molecule has 0 saturated carbocycles. The van der Waals surface area contributed by atoms with Crippen molar-refractivity contribution < 1.29 is 17.9 Å². The van der Waals surface area contributed by atoms with Crippen molar-refractivity contribution in [3.05, 3.63) is 29.8 Å². The lowest BCUT2D eigenvalue weighted by atomic mass is 10.1. The van der Waals surface area contributed by atoms with Crippen molar-refractivity contribution in [1.29, 1.82) is 0 Å². The van der Waals surface area contributed by atoms with E-state index in [0.29, 0.717) is 25.7 Å². The lowest BCUT2D eigenvalue weighted by molar-refractivity contribution is 0.0268. The summed E-state index contributed by atoms with van der Waals surface area (Å²) in [6.07, 6.45) is 0. The van der Waals surface area contributed by atoms with Gasteiger partial charge in [-0.05, 0) is 31.5 Å². The molecule has 148 valence electrons. The maximum absolute atomic E-state index is 12.3. The number of rotatable bonds is 10. The Morgan fingerprint density at radius 1 is 1.23 bits per heavy atom. The molecule has 0 amide bonds. The number of methoxy groups -OCH3 is 2. The summed E-state index contributed by atoms with van der Waals surface area (Å²) in [7, 11) is 1.30. The topological polar surface area (TPSA) is 101 Å². The molecule has 0 atom stereocenters. The summed E-state index contributed by atoms with van der Waals surface area (Å²) in [5.41, 5.74) is 0.507. The fourth-order valence-corrected chi connectivity index (χ4v) is 3.04. The van der Waals surface area contributed by atoms with Crippen LogP contribution >= 0.6 is 0 Å². The molecule has 0 aliphatic rings. The molecule has 1 aromatic rings. The number of nitrogens with zero attached hydrogens (tertiary/aromatic N) is 1. The molecular weight excluding hydrogens is 356 g/mol. The van der Waals surface area contributed by atoms with E-state index in [1.807, 2.05) is 19.9 Å². The molecule has 0 unspecified atom stereocenters. The molecule has 0 radical (unpaired) electrons. The summed E-state index contributed by atoms with van der Waals surface area (Å²) in [5, 5.41) is 6.34. The highest BCUT2D eigenvalue weighted by atomic mass is 32.2. The summed E-state index contributed by atoms with van der Waals surface area (Å²) in [6, 6.07) is 6.76. The van der Waals surface area contributed by atoms with Gasteiger partial charge in [-0.1, -0.05) is 12.1 Å². The summed E-state index contributed by atoms with van der Waals surface area (Å²) in [4.78, 5) is 4.37. The van der Waals surface area contributed by atoms with Gasteiger partial charge in [0.05, 0.1) is 17.1 Å². The molecule has 1 rings (SSSR count). The van der Waals surface area contributed by atoms with E-state index in [1.54, 1.807) is 32.4 Å². The normalized spacial score (nSPS) is 12.9. The zero-order valence-corrected chi connectivity index (χ0v) is 16.9. The standard InChI is InChI=1S/C17H30N4O4S/c1-17(2,25-5)13-20-16(18-3)19-12-14-7-6-8-15(11-14)26(22,23)21-9-10-24-4/h6-8,11,21H,9-10,12-13H2,1-5H3,(H2,18,19,20). The zero-order valence-electron chi connectivity index (χ0n) is 16.1. The Bertz CT molecular complexity index is 690. The lowest BCUT2D eigenvalue weighted by Gasteiger charge is -2.24. The molecule has 0 saturated heterocycles. The van der Waals surface area contributed by atoms with Crippen LogP contribution in [0.4, 0.5) is 0 Å². The number of benzene rings is 1. The summed E-state index contributed by atoms with van der Waals surface area (Å²) in [6.45, 7) is 5.51. The van der Waals surface area contributed by atoms with Crippen LogP contribution in [0.15, 0.2) is 34.2 Å². The van der Waals surface area contributed by atoms with Gasteiger partial charge < -0.3 is 20.1 Å². The van der Waals surface area contributed by atoms with E-state index >= 15 is 0 Å². The van der Waals surface area contributed by atoms with Gasteiger partial charge in [0.1, 0.15) is 0 Å². The first-order valence-electron chi connectivity index (χ1n) is 8.31. The van der Waals surface area contributed by atoms with E-state index in [1.165, 1.54) is 7.11 Å². The van der Waals surface area contributed by atoms with Crippen LogP contribution in [0, 0.1) is 0 Å². The number of sulfonamides is 1. The predicted octanol–water partition coefficient (Wildman–Crippen LogP) is 0.701. The molecule has 0 bridgehead atoms. The van der Waals surface area contributed by atoms with Crippen molar-refractivity contribution in [2.75, 3.05) is 41.0 Å². The van der Waals surface area contributed by atoms with E-state index in [9.17, 15) is 8.42 Å². The average molecular weight is 387 g/mol. The quantitative estimate of drug-likeness (QED) is 0.311. The molecule has 0 aromatic heterocycles. The molecule has 0 heterocycles. The van der Waals surface area contributed by atoms with Crippen molar-refractivity contribution in [3.63, 3.8) is 0 Å². The third-order valence-electron chi connectivity index (χ3n) is 3.72. The van der Waals surface area contributed by atoms with Gasteiger partial charge in [0.15, 0.2) is 5.96 Å². The van der Waals surface area contributed by atoms with E-state index in [0.717, 1.165) is 5.56 Å². The second-order valence-electron chi connectivity index (χ2n) is 6.28. The van der Waals surface area contributed by atoms with Crippen molar-refractivity contribution in [3.8, 4) is 0 Å². The molecule has 9 heteroatoms. The Kier molecular flexibility index (Phi) is 9.00. The summed E-state index contributed by atoms with van der Waals surface area (Å²) < 4.78 is 37.2. The molecule has 26 heavy (non-hydrogen) atoms. The van der Waals surface area contributed by atoms with Gasteiger partial charge in [-0.25, -0.2) is 13.1 Å². The minimum absolute atomic E-state index is 0.219. The number of hydrogen-bond donors (Lipinski definition) is 3. The second kappa shape index (κ2) is 10.5. The maximum Gasteiger partial charge on any atom is 0.240 e. The van der Waals surface area contributed by atoms with Crippen molar-refractivity contribution in [1.82, 2.24) is 15.4 Å². The van der Waals surface area contributed by atoms with Gasteiger partial charge in [-0.2, -0.15) is 0 Å². The smallest absolute Gasteiger partial charge is 0.240 e. The van der Waals surface area contributed by atoms with E-state index < -0.39 is 10.0 Å². The number of aliphatic imine (C=N–C) groups is 1. The van der Waals surface area contributed by atoms with E-state index in [-0.39, 0.29) is 17.0 Å². The maximum atomic E-state index is 12.3. The Morgan fingerprint density at radius 2 is 1.96 bits per heavy atom. The average Bonchev–Trinajstić information content (AvgIpc) is 2.62. The highest BCUT2D eigenvalue weighted by Crippen LogP contribution is 2.11.